The molecule has 1 aliphatic heterocycles. The highest BCUT2D eigenvalue weighted by molar-refractivity contribution is 6.30. The van der Waals surface area contributed by atoms with E-state index in [2.05, 4.69) is 5.32 Å². The maximum Gasteiger partial charge on any atom is 0.330 e. The third kappa shape index (κ3) is 4.84. The van der Waals surface area contributed by atoms with E-state index < -0.39 is 36.3 Å². The number of benzene rings is 3. The molecule has 3 amide bonds. The first-order valence-corrected chi connectivity index (χ1v) is 11.0. The number of aryl methyl sites for hydroxylation is 1. The van der Waals surface area contributed by atoms with Crippen LogP contribution in [0.5, 0.6) is 0 Å². The summed E-state index contributed by atoms with van der Waals surface area (Å²) in [5.74, 6) is -2.54. The molecule has 0 aromatic heterocycles. The summed E-state index contributed by atoms with van der Waals surface area (Å²) < 4.78 is 5.26. The number of hydrogen-bond donors (Lipinski definition) is 1. The number of anilines is 1. The molecule has 0 bridgehead atoms. The minimum Gasteiger partial charge on any atom is -0.454 e. The average molecular weight is 477 g/mol. The van der Waals surface area contributed by atoms with Crippen LogP contribution in [-0.2, 0) is 20.7 Å². The monoisotopic (exact) mass is 476 g/mol. The lowest BCUT2D eigenvalue weighted by Crippen LogP contribution is -2.47. The van der Waals surface area contributed by atoms with Crippen molar-refractivity contribution in [2.75, 3.05) is 11.9 Å². The van der Waals surface area contributed by atoms with Crippen molar-refractivity contribution in [1.82, 2.24) is 4.90 Å². The Morgan fingerprint density at radius 1 is 0.941 bits per heavy atom. The molecule has 0 aliphatic carbocycles. The summed E-state index contributed by atoms with van der Waals surface area (Å²) in [7, 11) is 0. The molecule has 4 rings (SSSR count). The molecule has 0 saturated heterocycles. The van der Waals surface area contributed by atoms with Gasteiger partial charge in [-0.2, -0.15) is 0 Å². The van der Waals surface area contributed by atoms with Gasteiger partial charge in [0.05, 0.1) is 11.1 Å². The molecule has 1 heterocycles. The van der Waals surface area contributed by atoms with Gasteiger partial charge in [0.2, 0.25) is 0 Å². The topological polar surface area (TPSA) is 92.8 Å². The molecule has 0 radical (unpaired) electrons. The van der Waals surface area contributed by atoms with E-state index in [4.69, 9.17) is 16.3 Å². The number of rotatable bonds is 7. The van der Waals surface area contributed by atoms with Crippen LogP contribution in [0.4, 0.5) is 5.69 Å². The molecular weight excluding hydrogens is 456 g/mol. The lowest BCUT2D eigenvalue weighted by atomic mass is 10.0. The van der Waals surface area contributed by atoms with E-state index in [-0.39, 0.29) is 17.5 Å². The molecule has 0 saturated carbocycles. The van der Waals surface area contributed by atoms with Gasteiger partial charge in [-0.15, -0.1) is 0 Å². The van der Waals surface area contributed by atoms with Crippen molar-refractivity contribution in [3.05, 3.63) is 100 Å². The second kappa shape index (κ2) is 9.89. The van der Waals surface area contributed by atoms with Crippen molar-refractivity contribution in [3.8, 4) is 0 Å². The first-order valence-electron chi connectivity index (χ1n) is 10.6. The lowest BCUT2D eigenvalue weighted by Gasteiger charge is -2.24. The minimum absolute atomic E-state index is 0.0586. The van der Waals surface area contributed by atoms with Crippen molar-refractivity contribution in [1.29, 1.82) is 0 Å². The molecule has 3 aromatic carbocycles. The Kier molecular flexibility index (Phi) is 6.75. The summed E-state index contributed by atoms with van der Waals surface area (Å²) >= 11 is 5.94. The molecule has 0 spiro atoms. The molecule has 8 heteroatoms. The predicted molar refractivity (Wildman–Crippen MR) is 127 cm³/mol. The molecule has 0 unspecified atom stereocenters. The van der Waals surface area contributed by atoms with E-state index >= 15 is 0 Å². The van der Waals surface area contributed by atoms with E-state index in [9.17, 15) is 19.2 Å². The number of hydrogen-bond acceptors (Lipinski definition) is 5. The summed E-state index contributed by atoms with van der Waals surface area (Å²) in [5.41, 5.74) is 2.48. The molecular formula is C26H21ClN2O5. The van der Waals surface area contributed by atoms with Crippen LogP contribution in [-0.4, -0.2) is 41.2 Å². The number of fused-ring (bicyclic) bond motifs is 1. The fourth-order valence-corrected chi connectivity index (χ4v) is 4.02. The van der Waals surface area contributed by atoms with Crippen molar-refractivity contribution in [3.63, 3.8) is 0 Å². The van der Waals surface area contributed by atoms with E-state index in [1.54, 1.807) is 73.7 Å². The predicted octanol–water partition coefficient (Wildman–Crippen LogP) is 4.04. The zero-order valence-corrected chi connectivity index (χ0v) is 19.0. The Balaban J connectivity index is 1.51. The number of nitrogens with one attached hydrogen (secondary N) is 1. The van der Waals surface area contributed by atoms with Crippen LogP contribution in [0.2, 0.25) is 5.02 Å². The standard InChI is InChI=1S/C26H21ClN2O5/c1-16-13-18(27)11-12-21(16)28-23(30)15-34-26(33)22(14-17-7-3-2-4-8-17)29-24(31)19-9-5-6-10-20(19)25(29)32/h2-13,22H,14-15H2,1H3,(H,28,30)/t22-/m0/s1. The number of halogens is 1. The van der Waals surface area contributed by atoms with Crippen molar-refractivity contribution in [2.45, 2.75) is 19.4 Å². The van der Waals surface area contributed by atoms with Gasteiger partial charge in [-0.25, -0.2) is 4.79 Å². The van der Waals surface area contributed by atoms with Crippen molar-refractivity contribution >= 4 is 41.0 Å². The van der Waals surface area contributed by atoms with Gasteiger partial charge in [0, 0.05) is 17.1 Å². The van der Waals surface area contributed by atoms with E-state index in [0.29, 0.717) is 10.7 Å². The Hall–Kier alpha value is -3.97. The van der Waals surface area contributed by atoms with Gasteiger partial charge >= 0.3 is 5.97 Å². The SMILES string of the molecule is Cc1cc(Cl)ccc1NC(=O)COC(=O)[C@H](Cc1ccccc1)N1C(=O)c2ccccc2C1=O. The molecule has 34 heavy (non-hydrogen) atoms. The van der Waals surface area contributed by atoms with E-state index in [1.807, 2.05) is 6.07 Å². The van der Waals surface area contributed by atoms with E-state index in [1.165, 1.54) is 0 Å². The van der Waals surface area contributed by atoms with Gasteiger partial charge in [0.15, 0.2) is 6.61 Å². The Bertz CT molecular complexity index is 1240. The minimum atomic E-state index is -1.22. The van der Waals surface area contributed by atoms with Crippen LogP contribution in [0.3, 0.4) is 0 Å². The molecule has 1 aliphatic rings. The van der Waals surface area contributed by atoms with Gasteiger partial charge in [0.1, 0.15) is 6.04 Å². The smallest absolute Gasteiger partial charge is 0.330 e. The highest BCUT2D eigenvalue weighted by atomic mass is 35.5. The number of imide groups is 1. The Morgan fingerprint density at radius 3 is 2.18 bits per heavy atom. The van der Waals surface area contributed by atoms with Gasteiger partial charge < -0.3 is 10.1 Å². The fraction of sp³-hybridized carbons (Fsp3) is 0.154. The quantitative estimate of drug-likeness (QED) is 0.410. The highest BCUT2D eigenvalue weighted by Crippen LogP contribution is 2.26. The fourth-order valence-electron chi connectivity index (χ4n) is 3.79. The summed E-state index contributed by atoms with van der Waals surface area (Å²) in [4.78, 5) is 52.4. The first kappa shape index (κ1) is 23.2. The Labute approximate surface area is 201 Å². The zero-order chi connectivity index (χ0) is 24.2. The summed E-state index contributed by atoms with van der Waals surface area (Å²) in [6, 6.07) is 19.1. The second-order valence-electron chi connectivity index (χ2n) is 7.85. The van der Waals surface area contributed by atoms with E-state index in [0.717, 1.165) is 16.0 Å². The molecule has 1 atom stereocenters. The molecule has 1 N–H and O–H groups in total. The largest absolute Gasteiger partial charge is 0.454 e. The molecule has 0 fully saturated rings. The Morgan fingerprint density at radius 2 is 1.56 bits per heavy atom. The van der Waals surface area contributed by atoms with Crippen LogP contribution < -0.4 is 5.32 Å². The number of ether oxygens (including phenoxy) is 1. The number of nitrogens with zero attached hydrogens (tertiary/aromatic N) is 1. The summed E-state index contributed by atoms with van der Waals surface area (Å²) in [5, 5.41) is 3.19. The average Bonchev–Trinajstić information content (AvgIpc) is 3.08. The lowest BCUT2D eigenvalue weighted by molar-refractivity contribution is -0.151. The molecule has 172 valence electrons. The van der Waals surface area contributed by atoms with Crippen molar-refractivity contribution in [2.24, 2.45) is 0 Å². The van der Waals surface area contributed by atoms with Gasteiger partial charge in [-0.3, -0.25) is 19.3 Å². The van der Waals surface area contributed by atoms with Crippen LogP contribution >= 0.6 is 11.6 Å². The van der Waals surface area contributed by atoms with Gasteiger partial charge in [-0.1, -0.05) is 54.1 Å². The maximum atomic E-state index is 13.1. The number of carbonyl (C=O) groups excluding carboxylic acids is 4. The normalized spacial score (nSPS) is 13.4. The highest BCUT2D eigenvalue weighted by Gasteiger charge is 2.43. The third-order valence-corrected chi connectivity index (χ3v) is 5.72. The van der Waals surface area contributed by atoms with Crippen LogP contribution in [0.1, 0.15) is 31.8 Å². The zero-order valence-electron chi connectivity index (χ0n) is 18.3. The van der Waals surface area contributed by atoms with Crippen molar-refractivity contribution < 1.29 is 23.9 Å². The number of amides is 3. The van der Waals surface area contributed by atoms with Crippen LogP contribution in [0.25, 0.3) is 0 Å². The second-order valence-corrected chi connectivity index (χ2v) is 8.28. The van der Waals surface area contributed by atoms with Crippen LogP contribution in [0, 0.1) is 6.92 Å². The summed E-state index contributed by atoms with van der Waals surface area (Å²) in [6.07, 6.45) is 0.0586. The maximum absolute atomic E-state index is 13.1. The van der Waals surface area contributed by atoms with Crippen LogP contribution in [0.15, 0.2) is 72.8 Å². The van der Waals surface area contributed by atoms with Gasteiger partial charge in [-0.05, 0) is 48.4 Å². The third-order valence-electron chi connectivity index (χ3n) is 5.49. The van der Waals surface area contributed by atoms with Gasteiger partial charge in [0.25, 0.3) is 17.7 Å². The molecule has 7 nitrogen and oxygen atoms in total. The number of carbonyl (C=O) groups is 4. The molecule has 3 aromatic rings. The summed E-state index contributed by atoms with van der Waals surface area (Å²) in [6.45, 7) is 1.21. The first-order chi connectivity index (χ1) is 16.3. The number of esters is 1.